The van der Waals surface area contributed by atoms with Crippen molar-refractivity contribution in [3.8, 4) is 0 Å². The zero-order chi connectivity index (χ0) is 26.3. The van der Waals surface area contributed by atoms with Crippen LogP contribution in [0.25, 0.3) is 0 Å². The molecule has 0 saturated heterocycles. The summed E-state index contributed by atoms with van der Waals surface area (Å²) >= 11 is 6.11. The molecule has 0 unspecified atom stereocenters. The van der Waals surface area contributed by atoms with Gasteiger partial charge in [-0.25, -0.2) is 8.42 Å². The van der Waals surface area contributed by atoms with Crippen LogP contribution in [0.3, 0.4) is 0 Å². The van der Waals surface area contributed by atoms with Crippen LogP contribution in [-0.2, 0) is 26.2 Å². The van der Waals surface area contributed by atoms with Crippen LogP contribution in [-0.4, -0.2) is 50.0 Å². The van der Waals surface area contributed by atoms with E-state index in [0.29, 0.717) is 17.1 Å². The molecule has 0 bridgehead atoms. The van der Waals surface area contributed by atoms with Crippen molar-refractivity contribution in [1.29, 1.82) is 0 Å². The predicted octanol–water partition coefficient (Wildman–Crippen LogP) is 4.44. The molecule has 2 aromatic carbocycles. The molecule has 2 amide bonds. The molecule has 7 nitrogen and oxygen atoms in total. The number of hydrogen-bond acceptors (Lipinski definition) is 4. The van der Waals surface area contributed by atoms with E-state index in [0.717, 1.165) is 22.9 Å². The number of rotatable bonds is 11. The zero-order valence-corrected chi connectivity index (χ0v) is 22.9. The van der Waals surface area contributed by atoms with Crippen LogP contribution in [0.15, 0.2) is 42.5 Å². The lowest BCUT2D eigenvalue weighted by molar-refractivity contribution is -0.140. The lowest BCUT2D eigenvalue weighted by Crippen LogP contribution is -2.49. The first kappa shape index (κ1) is 28.7. The van der Waals surface area contributed by atoms with E-state index in [2.05, 4.69) is 5.32 Å². The summed E-state index contributed by atoms with van der Waals surface area (Å²) in [6, 6.07) is 12.2. The highest BCUT2D eigenvalue weighted by atomic mass is 35.5. The highest BCUT2D eigenvalue weighted by Gasteiger charge is 2.27. The molecule has 1 N–H and O–H groups in total. The van der Waals surface area contributed by atoms with Crippen LogP contribution in [0.2, 0.25) is 5.02 Å². The Hall–Kier alpha value is -2.58. The summed E-state index contributed by atoms with van der Waals surface area (Å²) in [5.74, 6) is -0.442. The Balaban J connectivity index is 2.21. The minimum absolute atomic E-state index is 0.0508. The van der Waals surface area contributed by atoms with Crippen molar-refractivity contribution >= 4 is 39.1 Å². The van der Waals surface area contributed by atoms with Gasteiger partial charge in [0.25, 0.3) is 0 Å². The van der Waals surface area contributed by atoms with Gasteiger partial charge >= 0.3 is 0 Å². The molecule has 9 heteroatoms. The van der Waals surface area contributed by atoms with E-state index in [9.17, 15) is 18.0 Å². The Morgan fingerprint density at radius 1 is 1.06 bits per heavy atom. The molecule has 192 valence electrons. The van der Waals surface area contributed by atoms with Gasteiger partial charge in [0.15, 0.2) is 0 Å². The van der Waals surface area contributed by atoms with E-state index in [1.54, 1.807) is 30.0 Å². The minimum Gasteiger partial charge on any atom is -0.352 e. The molecular formula is C26H36ClN3O4S. The Kier molecular flexibility index (Phi) is 10.2. The van der Waals surface area contributed by atoms with Gasteiger partial charge in [-0.2, -0.15) is 0 Å². The molecule has 2 aromatic rings. The SMILES string of the molecule is Cc1cccc(CN(C(=O)CCCN(c2cc(Cl)ccc2C)S(C)(=O)=O)[C@@H](C)C(=O)NC(C)C)c1. The van der Waals surface area contributed by atoms with Crippen molar-refractivity contribution in [3.63, 3.8) is 0 Å². The largest absolute Gasteiger partial charge is 0.352 e. The van der Waals surface area contributed by atoms with Crippen molar-refractivity contribution in [3.05, 3.63) is 64.2 Å². The molecule has 0 heterocycles. The highest BCUT2D eigenvalue weighted by Crippen LogP contribution is 2.27. The average molecular weight is 522 g/mol. The lowest BCUT2D eigenvalue weighted by atomic mass is 10.1. The van der Waals surface area contributed by atoms with Crippen LogP contribution in [0.1, 0.15) is 50.3 Å². The molecule has 0 aromatic heterocycles. The standard InChI is InChI=1S/C26H36ClN3O4S/c1-18(2)28-26(32)21(5)29(17-22-10-7-9-19(3)15-22)25(31)11-8-14-30(35(6,33)34)24-16-23(27)13-12-20(24)4/h7,9-10,12-13,15-16,18,21H,8,11,14,17H2,1-6H3,(H,28,32)/t21-/m0/s1. The molecule has 1 atom stereocenters. The van der Waals surface area contributed by atoms with Crippen molar-refractivity contribution in [1.82, 2.24) is 10.2 Å². The average Bonchev–Trinajstić information content (AvgIpc) is 2.75. The zero-order valence-electron chi connectivity index (χ0n) is 21.3. The van der Waals surface area contributed by atoms with Gasteiger partial charge in [0, 0.05) is 30.6 Å². The normalized spacial score (nSPS) is 12.3. The quantitative estimate of drug-likeness (QED) is 0.473. The molecule has 0 radical (unpaired) electrons. The molecule has 0 spiro atoms. The Labute approximate surface area is 214 Å². The summed E-state index contributed by atoms with van der Waals surface area (Å²) in [6.07, 6.45) is 1.52. The molecule has 2 rings (SSSR count). The van der Waals surface area contributed by atoms with Crippen LogP contribution in [0.4, 0.5) is 5.69 Å². The summed E-state index contributed by atoms with van der Waals surface area (Å²) in [6.45, 7) is 9.65. The summed E-state index contributed by atoms with van der Waals surface area (Å²) in [7, 11) is -3.59. The van der Waals surface area contributed by atoms with Crippen LogP contribution in [0, 0.1) is 13.8 Å². The van der Waals surface area contributed by atoms with Gasteiger partial charge in [0.05, 0.1) is 11.9 Å². The van der Waals surface area contributed by atoms with Gasteiger partial charge in [-0.3, -0.25) is 13.9 Å². The predicted molar refractivity (Wildman–Crippen MR) is 142 cm³/mol. The molecule has 0 aliphatic carbocycles. The van der Waals surface area contributed by atoms with Crippen LogP contribution >= 0.6 is 11.6 Å². The first-order valence-corrected chi connectivity index (χ1v) is 13.9. The lowest BCUT2D eigenvalue weighted by Gasteiger charge is -2.30. The second-order valence-corrected chi connectivity index (χ2v) is 11.6. The van der Waals surface area contributed by atoms with E-state index >= 15 is 0 Å². The van der Waals surface area contributed by atoms with Crippen LogP contribution < -0.4 is 9.62 Å². The van der Waals surface area contributed by atoms with Gasteiger partial charge in [-0.1, -0.05) is 47.5 Å². The van der Waals surface area contributed by atoms with Crippen molar-refractivity contribution in [2.75, 3.05) is 17.1 Å². The number of benzene rings is 2. The van der Waals surface area contributed by atoms with E-state index in [1.165, 1.54) is 4.31 Å². The van der Waals surface area contributed by atoms with Crippen LogP contribution in [0.5, 0.6) is 0 Å². The first-order valence-electron chi connectivity index (χ1n) is 11.7. The number of sulfonamides is 1. The fourth-order valence-electron chi connectivity index (χ4n) is 3.83. The summed E-state index contributed by atoms with van der Waals surface area (Å²) < 4.78 is 26.3. The highest BCUT2D eigenvalue weighted by molar-refractivity contribution is 7.92. The molecule has 35 heavy (non-hydrogen) atoms. The number of carbonyl (C=O) groups excluding carboxylic acids is 2. The number of anilines is 1. The first-order chi connectivity index (χ1) is 16.3. The number of amides is 2. The maximum absolute atomic E-state index is 13.3. The minimum atomic E-state index is -3.59. The summed E-state index contributed by atoms with van der Waals surface area (Å²) in [4.78, 5) is 27.6. The Morgan fingerprint density at radius 2 is 1.74 bits per heavy atom. The number of aryl methyl sites for hydroxylation is 2. The van der Waals surface area contributed by atoms with E-state index < -0.39 is 16.1 Å². The second kappa shape index (κ2) is 12.4. The maximum Gasteiger partial charge on any atom is 0.242 e. The molecule has 0 aliphatic heterocycles. The Bertz CT molecular complexity index is 1150. The van der Waals surface area contributed by atoms with Crippen molar-refractivity contribution < 1.29 is 18.0 Å². The van der Waals surface area contributed by atoms with Crippen molar-refractivity contribution in [2.24, 2.45) is 0 Å². The second-order valence-electron chi connectivity index (χ2n) is 9.22. The van der Waals surface area contributed by atoms with Gasteiger partial charge < -0.3 is 10.2 Å². The molecule has 0 fully saturated rings. The number of nitrogens with one attached hydrogen (secondary N) is 1. The smallest absolute Gasteiger partial charge is 0.242 e. The van der Waals surface area contributed by atoms with E-state index in [-0.39, 0.29) is 37.4 Å². The maximum atomic E-state index is 13.3. The summed E-state index contributed by atoms with van der Waals surface area (Å²) in [5, 5.41) is 3.30. The van der Waals surface area contributed by atoms with Gasteiger partial charge in [-0.15, -0.1) is 0 Å². The number of nitrogens with zero attached hydrogens (tertiary/aromatic N) is 2. The Morgan fingerprint density at radius 3 is 2.34 bits per heavy atom. The third-order valence-corrected chi connectivity index (χ3v) is 7.04. The number of hydrogen-bond donors (Lipinski definition) is 1. The molecule has 0 aliphatic rings. The fraction of sp³-hybridized carbons (Fsp3) is 0.462. The van der Waals surface area contributed by atoms with E-state index in [1.807, 2.05) is 52.0 Å². The topological polar surface area (TPSA) is 86.8 Å². The number of carbonyl (C=O) groups is 2. The number of halogens is 1. The summed E-state index contributed by atoms with van der Waals surface area (Å²) in [5.41, 5.74) is 3.25. The monoisotopic (exact) mass is 521 g/mol. The molecular weight excluding hydrogens is 486 g/mol. The molecule has 0 saturated carbocycles. The van der Waals surface area contributed by atoms with Gasteiger partial charge in [-0.05, 0) is 64.3 Å². The van der Waals surface area contributed by atoms with Crippen molar-refractivity contribution in [2.45, 2.75) is 66.1 Å². The van der Waals surface area contributed by atoms with Gasteiger partial charge in [0.2, 0.25) is 21.8 Å². The third-order valence-electron chi connectivity index (χ3n) is 5.63. The van der Waals surface area contributed by atoms with Gasteiger partial charge in [0.1, 0.15) is 6.04 Å². The van der Waals surface area contributed by atoms with E-state index in [4.69, 9.17) is 11.6 Å². The fourth-order valence-corrected chi connectivity index (χ4v) is 5.01. The third kappa shape index (κ3) is 8.54.